The highest BCUT2D eigenvalue weighted by molar-refractivity contribution is 7.71. The van der Waals surface area contributed by atoms with Gasteiger partial charge in [0.25, 0.3) is 5.56 Å². The lowest BCUT2D eigenvalue weighted by atomic mass is 10.0. The van der Waals surface area contributed by atoms with Crippen molar-refractivity contribution in [1.82, 2.24) is 9.55 Å². The van der Waals surface area contributed by atoms with Crippen molar-refractivity contribution in [3.05, 3.63) is 74.8 Å². The van der Waals surface area contributed by atoms with Crippen molar-refractivity contribution in [2.24, 2.45) is 0 Å². The molecule has 1 aromatic heterocycles. The number of benzene rings is 2. The first-order valence-electron chi connectivity index (χ1n) is 7.91. The summed E-state index contributed by atoms with van der Waals surface area (Å²) < 4.78 is 6.61. The molecule has 0 aliphatic carbocycles. The molecule has 0 saturated heterocycles. The number of nitrogens with one attached hydrogen (secondary N) is 1. The van der Waals surface area contributed by atoms with Gasteiger partial charge in [0.1, 0.15) is 0 Å². The maximum atomic E-state index is 12.8. The van der Waals surface area contributed by atoms with Crippen LogP contribution in [-0.2, 0) is 11.3 Å². The average molecular weight is 354 g/mol. The second-order valence-corrected chi connectivity index (χ2v) is 6.30. The molecule has 1 atom stereocenters. The molecule has 0 fully saturated rings. The van der Waals surface area contributed by atoms with Crippen molar-refractivity contribution in [3.8, 4) is 0 Å². The van der Waals surface area contributed by atoms with Crippen molar-refractivity contribution in [1.29, 1.82) is 0 Å². The lowest BCUT2D eigenvalue weighted by Gasteiger charge is -2.15. The first kappa shape index (κ1) is 17.1. The fourth-order valence-electron chi connectivity index (χ4n) is 2.83. The quantitative estimate of drug-likeness (QED) is 0.574. The number of nitrogens with zero attached hydrogens (tertiary/aromatic N) is 1. The third-order valence-corrected chi connectivity index (χ3v) is 4.55. The van der Waals surface area contributed by atoms with Gasteiger partial charge in [-0.1, -0.05) is 37.3 Å². The first-order valence-corrected chi connectivity index (χ1v) is 8.32. The smallest absolute Gasteiger partial charge is 0.337 e. The number of rotatable bonds is 4. The zero-order chi connectivity index (χ0) is 18.0. The average Bonchev–Trinajstić information content (AvgIpc) is 2.64. The van der Waals surface area contributed by atoms with E-state index in [4.69, 9.17) is 17.0 Å². The second kappa shape index (κ2) is 7.03. The van der Waals surface area contributed by atoms with Gasteiger partial charge in [-0.05, 0) is 41.9 Å². The van der Waals surface area contributed by atoms with E-state index in [1.807, 2.05) is 30.3 Å². The molecule has 0 aliphatic rings. The summed E-state index contributed by atoms with van der Waals surface area (Å²) in [5, 5.41) is 0.488. The second-order valence-electron chi connectivity index (χ2n) is 5.91. The first-order chi connectivity index (χ1) is 12.0. The molecule has 0 spiro atoms. The molecular formula is C19H18N2O3S. The number of carbonyl (C=O) groups is 1. The maximum Gasteiger partial charge on any atom is 0.337 e. The minimum absolute atomic E-state index is 0.140. The molecule has 1 heterocycles. The molecule has 0 radical (unpaired) electrons. The van der Waals surface area contributed by atoms with Crippen molar-refractivity contribution in [2.45, 2.75) is 19.4 Å². The summed E-state index contributed by atoms with van der Waals surface area (Å²) in [6.45, 7) is 2.54. The molecule has 0 bridgehead atoms. The number of hydrogen-bond donors (Lipinski definition) is 1. The summed E-state index contributed by atoms with van der Waals surface area (Å²) in [7, 11) is 1.32. The van der Waals surface area contributed by atoms with Crippen LogP contribution >= 0.6 is 12.2 Å². The van der Waals surface area contributed by atoms with Gasteiger partial charge in [-0.3, -0.25) is 9.36 Å². The van der Waals surface area contributed by atoms with Gasteiger partial charge in [-0.25, -0.2) is 4.79 Å². The molecule has 5 nitrogen and oxygen atoms in total. The Bertz CT molecular complexity index is 1040. The van der Waals surface area contributed by atoms with Gasteiger partial charge in [-0.15, -0.1) is 0 Å². The van der Waals surface area contributed by atoms with Crippen LogP contribution in [0.2, 0.25) is 0 Å². The Morgan fingerprint density at radius 1 is 1.24 bits per heavy atom. The SMILES string of the molecule is COC(=O)c1ccc2c(=O)n(C[C@H](C)c3ccccc3)c(=S)[nH]c2c1. The summed E-state index contributed by atoms with van der Waals surface area (Å²) in [5.74, 6) is -0.316. The molecule has 25 heavy (non-hydrogen) atoms. The summed E-state index contributed by atoms with van der Waals surface area (Å²) in [5.41, 5.74) is 1.87. The lowest BCUT2D eigenvalue weighted by Crippen LogP contribution is -2.24. The van der Waals surface area contributed by atoms with Crippen LogP contribution in [0.5, 0.6) is 0 Å². The molecule has 0 aliphatic heterocycles. The van der Waals surface area contributed by atoms with Crippen LogP contribution in [0.25, 0.3) is 10.9 Å². The summed E-state index contributed by atoms with van der Waals surface area (Å²) >= 11 is 5.36. The van der Waals surface area contributed by atoms with Gasteiger partial charge in [0.05, 0.1) is 23.6 Å². The number of esters is 1. The number of carbonyl (C=O) groups excluding carboxylic acids is 1. The van der Waals surface area contributed by atoms with Crippen LogP contribution < -0.4 is 5.56 Å². The number of ether oxygens (including phenoxy) is 1. The topological polar surface area (TPSA) is 64.1 Å². The third kappa shape index (κ3) is 3.39. The number of fused-ring (bicyclic) bond motifs is 1. The Kier molecular flexibility index (Phi) is 4.81. The molecule has 3 rings (SSSR count). The molecule has 1 N–H and O–H groups in total. The minimum Gasteiger partial charge on any atom is -0.465 e. The van der Waals surface area contributed by atoms with E-state index < -0.39 is 5.97 Å². The zero-order valence-electron chi connectivity index (χ0n) is 14.0. The van der Waals surface area contributed by atoms with Crippen LogP contribution in [0.15, 0.2) is 53.3 Å². The van der Waals surface area contributed by atoms with Gasteiger partial charge >= 0.3 is 5.97 Å². The molecule has 128 valence electrons. The number of H-pyrrole nitrogens is 1. The van der Waals surface area contributed by atoms with E-state index in [1.54, 1.807) is 22.8 Å². The van der Waals surface area contributed by atoms with Crippen LogP contribution in [0, 0.1) is 4.77 Å². The Balaban J connectivity index is 2.04. The van der Waals surface area contributed by atoms with Crippen molar-refractivity contribution < 1.29 is 9.53 Å². The van der Waals surface area contributed by atoms with E-state index in [2.05, 4.69) is 11.9 Å². The monoisotopic (exact) mass is 354 g/mol. The van der Waals surface area contributed by atoms with Gasteiger partial charge < -0.3 is 9.72 Å². The molecular weight excluding hydrogens is 336 g/mol. The van der Waals surface area contributed by atoms with E-state index in [0.29, 0.717) is 27.8 Å². The third-order valence-electron chi connectivity index (χ3n) is 4.23. The van der Waals surface area contributed by atoms with E-state index in [1.165, 1.54) is 7.11 Å². The van der Waals surface area contributed by atoms with Crippen LogP contribution in [0.3, 0.4) is 0 Å². The number of hydrogen-bond acceptors (Lipinski definition) is 4. The fourth-order valence-corrected chi connectivity index (χ4v) is 3.09. The Labute approximate surface area is 149 Å². The number of aromatic amines is 1. The molecule has 0 unspecified atom stereocenters. The van der Waals surface area contributed by atoms with E-state index in [-0.39, 0.29) is 11.5 Å². The summed E-state index contributed by atoms with van der Waals surface area (Å²) in [6, 6.07) is 14.8. The highest BCUT2D eigenvalue weighted by Crippen LogP contribution is 2.17. The van der Waals surface area contributed by atoms with Gasteiger partial charge in [0.15, 0.2) is 4.77 Å². The number of aromatic nitrogens is 2. The summed E-state index contributed by atoms with van der Waals surface area (Å²) in [6.07, 6.45) is 0. The predicted molar refractivity (Wildman–Crippen MR) is 99.6 cm³/mol. The van der Waals surface area contributed by atoms with Crippen molar-refractivity contribution >= 4 is 29.1 Å². The van der Waals surface area contributed by atoms with Gasteiger partial charge in [0.2, 0.25) is 0 Å². The van der Waals surface area contributed by atoms with Gasteiger partial charge in [0, 0.05) is 6.54 Å². The minimum atomic E-state index is -0.455. The maximum absolute atomic E-state index is 12.8. The van der Waals surface area contributed by atoms with Crippen molar-refractivity contribution in [2.75, 3.05) is 7.11 Å². The molecule has 0 saturated carbocycles. The Hall–Kier alpha value is -2.73. The predicted octanol–water partition coefficient (Wildman–Crippen LogP) is 3.65. The highest BCUT2D eigenvalue weighted by atomic mass is 32.1. The summed E-state index contributed by atoms with van der Waals surface area (Å²) in [4.78, 5) is 27.5. The van der Waals surface area contributed by atoms with E-state index in [9.17, 15) is 9.59 Å². The van der Waals surface area contributed by atoms with Crippen LogP contribution in [0.4, 0.5) is 0 Å². The molecule has 6 heteroatoms. The normalized spacial score (nSPS) is 12.1. The van der Waals surface area contributed by atoms with Gasteiger partial charge in [-0.2, -0.15) is 0 Å². The largest absolute Gasteiger partial charge is 0.465 e. The fraction of sp³-hybridized carbons (Fsp3) is 0.211. The van der Waals surface area contributed by atoms with Crippen molar-refractivity contribution in [3.63, 3.8) is 0 Å². The Morgan fingerprint density at radius 3 is 2.64 bits per heavy atom. The number of methoxy groups -OCH3 is 1. The van der Waals surface area contributed by atoms with Crippen LogP contribution in [0.1, 0.15) is 28.8 Å². The van der Waals surface area contributed by atoms with E-state index >= 15 is 0 Å². The molecule has 3 aromatic rings. The zero-order valence-corrected chi connectivity index (χ0v) is 14.8. The lowest BCUT2D eigenvalue weighted by molar-refractivity contribution is 0.0601. The van der Waals surface area contributed by atoms with E-state index in [0.717, 1.165) is 5.56 Å². The molecule has 0 amide bonds. The molecule has 2 aromatic carbocycles. The standard InChI is InChI=1S/C19H18N2O3S/c1-12(13-6-4-3-5-7-13)11-21-17(22)15-9-8-14(18(23)24-2)10-16(15)20-19(21)25/h3-10,12H,11H2,1-2H3,(H,20,25)/t12-/m0/s1. The highest BCUT2D eigenvalue weighted by Gasteiger charge is 2.13. The van der Waals surface area contributed by atoms with Crippen LogP contribution in [-0.4, -0.2) is 22.6 Å². The Morgan fingerprint density at radius 2 is 1.96 bits per heavy atom.